The highest BCUT2D eigenvalue weighted by atomic mass is 31.1. The molecular weight excluding hydrogens is 311 g/mol. The van der Waals surface area contributed by atoms with E-state index < -0.39 is 8.25 Å². The van der Waals surface area contributed by atoms with E-state index >= 15 is 0 Å². The Morgan fingerprint density at radius 2 is 2.41 bits per heavy atom. The average molecular weight is 333 g/mol. The molecule has 0 bridgehead atoms. The topological polar surface area (TPSA) is 135 Å². The van der Waals surface area contributed by atoms with Crippen molar-refractivity contribution in [3.63, 3.8) is 0 Å². The Kier molecular flexibility index (Phi) is 7.97. The molecule has 1 fully saturated rings. The summed E-state index contributed by atoms with van der Waals surface area (Å²) in [5, 5.41) is 5.49. The third kappa shape index (κ3) is 6.95. The van der Waals surface area contributed by atoms with Crippen molar-refractivity contribution in [2.24, 2.45) is 10.7 Å². The second-order valence-corrected chi connectivity index (χ2v) is 5.66. The van der Waals surface area contributed by atoms with Gasteiger partial charge in [-0.1, -0.05) is 0 Å². The van der Waals surface area contributed by atoms with E-state index in [1.54, 1.807) is 0 Å². The standard InChI is InChI=1S/C12H21N4O5P/c1-8(9(2)16-12(13)15-7-17)4-14-10-3-11(20-5-10)6-21-22(18)19/h4,7,9-11,14H,3,5-6H2,1-2H3,(H3-,13,15,16,17,18,19)/p+1/b8-4-/t9-,10+,11+/m1/s1. The third-order valence-electron chi connectivity index (χ3n) is 3.20. The number of carbonyl (C=O) groups is 1. The first-order chi connectivity index (χ1) is 10.4. The normalized spacial score (nSPS) is 24.8. The number of amides is 1. The minimum Gasteiger partial charge on any atom is -0.386 e. The third-order valence-corrected chi connectivity index (χ3v) is 3.57. The van der Waals surface area contributed by atoms with E-state index in [4.69, 9.17) is 15.4 Å². The van der Waals surface area contributed by atoms with Crippen molar-refractivity contribution in [1.82, 2.24) is 10.6 Å². The number of ether oxygens (including phenoxy) is 1. The molecule has 0 aromatic heterocycles. The Bertz CT molecular complexity index is 457. The monoisotopic (exact) mass is 333 g/mol. The van der Waals surface area contributed by atoms with Crippen molar-refractivity contribution < 1.29 is 23.5 Å². The van der Waals surface area contributed by atoms with Crippen molar-refractivity contribution in [3.8, 4) is 0 Å². The van der Waals surface area contributed by atoms with E-state index in [0.717, 1.165) is 5.57 Å². The molecule has 0 aromatic carbocycles. The maximum absolute atomic E-state index is 10.5. The minimum absolute atomic E-state index is 0.0646. The predicted octanol–water partition coefficient (Wildman–Crippen LogP) is -0.247. The molecule has 5 N–H and O–H groups in total. The largest absolute Gasteiger partial charge is 0.694 e. The molecule has 0 aliphatic carbocycles. The van der Waals surface area contributed by atoms with Gasteiger partial charge in [-0.25, -0.2) is 4.99 Å². The van der Waals surface area contributed by atoms with Gasteiger partial charge in [0.15, 0.2) is 5.96 Å². The summed E-state index contributed by atoms with van der Waals surface area (Å²) in [4.78, 5) is 22.9. The number of nitrogens with zero attached hydrogens (tertiary/aromatic N) is 1. The highest BCUT2D eigenvalue weighted by molar-refractivity contribution is 7.32. The van der Waals surface area contributed by atoms with Crippen LogP contribution in [0.15, 0.2) is 16.8 Å². The lowest BCUT2D eigenvalue weighted by molar-refractivity contribution is -0.108. The van der Waals surface area contributed by atoms with Crippen LogP contribution in [0.3, 0.4) is 0 Å². The molecule has 0 spiro atoms. The zero-order valence-electron chi connectivity index (χ0n) is 12.6. The van der Waals surface area contributed by atoms with Crippen molar-refractivity contribution in [1.29, 1.82) is 0 Å². The van der Waals surface area contributed by atoms with Gasteiger partial charge < -0.3 is 15.8 Å². The second-order valence-electron chi connectivity index (χ2n) is 4.93. The van der Waals surface area contributed by atoms with Crippen LogP contribution in [-0.2, 0) is 18.6 Å². The van der Waals surface area contributed by atoms with Crippen LogP contribution in [0.25, 0.3) is 0 Å². The molecule has 4 atom stereocenters. The maximum Gasteiger partial charge on any atom is 0.694 e. The summed E-state index contributed by atoms with van der Waals surface area (Å²) in [5.41, 5.74) is 6.44. The number of hydrogen-bond donors (Lipinski definition) is 4. The number of hydrogen-bond acceptors (Lipinski definition) is 6. The minimum atomic E-state index is -2.59. The number of nitrogens with one attached hydrogen (secondary N) is 2. The van der Waals surface area contributed by atoms with Crippen LogP contribution in [0.1, 0.15) is 20.3 Å². The first-order valence-electron chi connectivity index (χ1n) is 6.79. The van der Waals surface area contributed by atoms with Gasteiger partial charge in [0.05, 0.1) is 24.8 Å². The molecular formula is C12H22N4O5P+. The van der Waals surface area contributed by atoms with Gasteiger partial charge in [-0.15, -0.1) is 9.42 Å². The van der Waals surface area contributed by atoms with Crippen LogP contribution in [-0.4, -0.2) is 48.7 Å². The quantitative estimate of drug-likeness (QED) is 0.208. The zero-order chi connectivity index (χ0) is 16.5. The molecule has 9 nitrogen and oxygen atoms in total. The number of nitrogens with two attached hydrogens (primary N) is 1. The molecule has 1 rings (SSSR count). The first kappa shape index (κ1) is 18.5. The molecule has 1 amide bonds. The molecule has 124 valence electrons. The molecule has 1 saturated heterocycles. The van der Waals surface area contributed by atoms with E-state index in [9.17, 15) is 9.36 Å². The van der Waals surface area contributed by atoms with Crippen LogP contribution < -0.4 is 16.4 Å². The number of guanidine groups is 1. The Hall–Kier alpha value is -1.54. The summed E-state index contributed by atoms with van der Waals surface area (Å²) in [6.45, 7) is 4.34. The highest BCUT2D eigenvalue weighted by Gasteiger charge is 2.28. The fraction of sp³-hybridized carbons (Fsp3) is 0.667. The molecule has 1 unspecified atom stereocenters. The van der Waals surface area contributed by atoms with Crippen LogP contribution in [0.4, 0.5) is 0 Å². The van der Waals surface area contributed by atoms with Gasteiger partial charge in [0, 0.05) is 4.57 Å². The summed E-state index contributed by atoms with van der Waals surface area (Å²) in [5.74, 6) is 0.0646. The van der Waals surface area contributed by atoms with Gasteiger partial charge in [-0.05, 0) is 32.0 Å². The Morgan fingerprint density at radius 3 is 3.05 bits per heavy atom. The molecule has 0 aromatic rings. The van der Waals surface area contributed by atoms with E-state index in [2.05, 4.69) is 20.1 Å². The fourth-order valence-electron chi connectivity index (χ4n) is 1.86. The molecule has 0 saturated carbocycles. The number of carbonyl (C=O) groups excluding carboxylic acids is 1. The van der Waals surface area contributed by atoms with Crippen molar-refractivity contribution in [2.75, 3.05) is 13.2 Å². The molecule has 1 aliphatic rings. The lowest BCUT2D eigenvalue weighted by Crippen LogP contribution is -2.32. The van der Waals surface area contributed by atoms with E-state index in [-0.39, 0.29) is 30.8 Å². The van der Waals surface area contributed by atoms with Crippen LogP contribution >= 0.6 is 8.25 Å². The van der Waals surface area contributed by atoms with Crippen LogP contribution in [0.5, 0.6) is 0 Å². The second kappa shape index (κ2) is 9.47. The highest BCUT2D eigenvalue weighted by Crippen LogP contribution is 2.20. The fourth-order valence-corrected chi connectivity index (χ4v) is 2.16. The summed E-state index contributed by atoms with van der Waals surface area (Å²) >= 11 is 0. The van der Waals surface area contributed by atoms with E-state index in [1.165, 1.54) is 0 Å². The molecule has 0 radical (unpaired) electrons. The maximum atomic E-state index is 10.5. The summed E-state index contributed by atoms with van der Waals surface area (Å²) in [6.07, 6.45) is 2.78. The van der Waals surface area contributed by atoms with Crippen molar-refractivity contribution >= 4 is 20.6 Å². The van der Waals surface area contributed by atoms with Gasteiger partial charge in [0.25, 0.3) is 0 Å². The van der Waals surface area contributed by atoms with Gasteiger partial charge >= 0.3 is 8.25 Å². The van der Waals surface area contributed by atoms with E-state index in [1.807, 2.05) is 20.0 Å². The summed E-state index contributed by atoms with van der Waals surface area (Å²) in [6, 6.07) is -0.0819. The Balaban J connectivity index is 2.39. The predicted molar refractivity (Wildman–Crippen MR) is 81.1 cm³/mol. The summed E-state index contributed by atoms with van der Waals surface area (Å²) < 4.78 is 20.5. The van der Waals surface area contributed by atoms with Crippen molar-refractivity contribution in [3.05, 3.63) is 11.8 Å². The molecule has 10 heteroatoms. The van der Waals surface area contributed by atoms with Gasteiger partial charge in [-0.3, -0.25) is 10.1 Å². The Labute approximate surface area is 129 Å². The SMILES string of the molecule is C/C(=C/N[C@@H]1CO[C@H](CO[P+](=O)O)C1)[C@@H](C)N=C(N)NC=O. The average Bonchev–Trinajstić information content (AvgIpc) is 2.90. The Morgan fingerprint density at radius 1 is 1.68 bits per heavy atom. The smallest absolute Gasteiger partial charge is 0.386 e. The number of aliphatic imine (C=N–C) groups is 1. The van der Waals surface area contributed by atoms with Crippen LogP contribution in [0.2, 0.25) is 0 Å². The van der Waals surface area contributed by atoms with E-state index in [0.29, 0.717) is 19.4 Å². The molecule has 1 aliphatic heterocycles. The molecule has 1 heterocycles. The van der Waals surface area contributed by atoms with Gasteiger partial charge in [0.2, 0.25) is 6.41 Å². The van der Waals surface area contributed by atoms with Gasteiger partial charge in [0.1, 0.15) is 6.61 Å². The molecule has 22 heavy (non-hydrogen) atoms. The first-order valence-corrected chi connectivity index (χ1v) is 7.92. The van der Waals surface area contributed by atoms with Crippen molar-refractivity contribution in [2.45, 2.75) is 38.5 Å². The lowest BCUT2D eigenvalue weighted by atomic mass is 10.1. The van der Waals surface area contributed by atoms with Crippen LogP contribution in [0, 0.1) is 0 Å². The summed E-state index contributed by atoms with van der Waals surface area (Å²) in [7, 11) is -2.59. The van der Waals surface area contributed by atoms with Gasteiger partial charge in [-0.2, -0.15) is 0 Å². The lowest BCUT2D eigenvalue weighted by Gasteiger charge is -2.12. The zero-order valence-corrected chi connectivity index (χ0v) is 13.5. The number of rotatable bonds is 8.